The first-order valence-corrected chi connectivity index (χ1v) is 9.02. The van der Waals surface area contributed by atoms with Gasteiger partial charge in [-0.05, 0) is 24.3 Å². The highest BCUT2D eigenvalue weighted by Gasteiger charge is 2.24. The second-order valence-electron chi connectivity index (χ2n) is 4.49. The number of nitrogens with one attached hydrogen (secondary N) is 1. The first kappa shape index (κ1) is 18.7. The van der Waals surface area contributed by atoms with Gasteiger partial charge in [-0.1, -0.05) is 39.1 Å². The molecule has 24 heavy (non-hydrogen) atoms. The van der Waals surface area contributed by atoms with Crippen molar-refractivity contribution in [2.75, 3.05) is 4.72 Å². The first-order chi connectivity index (χ1) is 11.0. The van der Waals surface area contributed by atoms with Gasteiger partial charge in [0.2, 0.25) is 0 Å². The van der Waals surface area contributed by atoms with Crippen LogP contribution in [0.15, 0.2) is 33.6 Å². The Morgan fingerprint density at radius 1 is 1.08 bits per heavy atom. The first-order valence-electron chi connectivity index (χ1n) is 5.99. The van der Waals surface area contributed by atoms with Crippen LogP contribution in [0.25, 0.3) is 0 Å². The summed E-state index contributed by atoms with van der Waals surface area (Å²) in [6.07, 6.45) is 0. The van der Waals surface area contributed by atoms with Gasteiger partial charge in [-0.15, -0.1) is 0 Å². The third-order valence-electron chi connectivity index (χ3n) is 2.83. The average Bonchev–Trinajstić information content (AvgIpc) is 2.45. The molecule has 0 saturated heterocycles. The molecular weight excluding hydrogens is 449 g/mol. The molecule has 0 bridgehead atoms. The van der Waals surface area contributed by atoms with Crippen molar-refractivity contribution in [1.82, 2.24) is 0 Å². The van der Waals surface area contributed by atoms with Crippen LogP contribution in [0, 0.1) is 0 Å². The van der Waals surface area contributed by atoms with E-state index in [0.717, 1.165) is 18.2 Å². The number of carbonyl (C=O) groups is 1. The van der Waals surface area contributed by atoms with Crippen molar-refractivity contribution in [3.63, 3.8) is 0 Å². The van der Waals surface area contributed by atoms with Gasteiger partial charge in [0.1, 0.15) is 10.5 Å². The third-order valence-corrected chi connectivity index (χ3v) is 5.18. The molecule has 2 rings (SSSR count). The Balaban J connectivity index is 2.57. The van der Waals surface area contributed by atoms with Gasteiger partial charge in [-0.25, -0.2) is 13.2 Å². The quantitative estimate of drug-likeness (QED) is 0.520. The van der Waals surface area contributed by atoms with Crippen LogP contribution in [0.3, 0.4) is 0 Å². The minimum absolute atomic E-state index is 0.112. The predicted octanol–water partition coefficient (Wildman–Crippen LogP) is 3.67. The van der Waals surface area contributed by atoms with Gasteiger partial charge in [0, 0.05) is 9.50 Å². The molecule has 0 aromatic heterocycles. The number of phenolic OH excluding ortho intramolecular Hbond substituents is 1. The number of hydrogen-bond acceptors (Lipinski definition) is 5. The van der Waals surface area contributed by atoms with Gasteiger partial charge in [0.05, 0.1) is 10.7 Å². The Bertz CT molecular complexity index is 948. The number of aromatic hydroxyl groups is 2. The number of phenols is 2. The number of hydrogen-bond donors (Lipinski definition) is 4. The van der Waals surface area contributed by atoms with E-state index in [-0.39, 0.29) is 14.5 Å². The summed E-state index contributed by atoms with van der Waals surface area (Å²) in [5.41, 5.74) is -1.05. The van der Waals surface area contributed by atoms with E-state index < -0.39 is 43.6 Å². The van der Waals surface area contributed by atoms with E-state index in [1.165, 1.54) is 6.07 Å². The summed E-state index contributed by atoms with van der Waals surface area (Å²) in [4.78, 5) is 10.5. The zero-order valence-corrected chi connectivity index (χ0v) is 15.3. The lowest BCUT2D eigenvalue weighted by Gasteiger charge is -2.13. The van der Waals surface area contributed by atoms with Crippen LogP contribution in [-0.2, 0) is 10.0 Å². The normalized spacial score (nSPS) is 11.3. The molecule has 0 aliphatic carbocycles. The van der Waals surface area contributed by atoms with E-state index in [2.05, 4.69) is 15.9 Å². The maximum absolute atomic E-state index is 12.4. The molecule has 0 radical (unpaired) electrons. The SMILES string of the molecule is O=C(O)c1cc(Cl)cc(NS(=O)(=O)c2cc(Br)cc(Cl)c2O)c1O. The molecule has 0 atom stereocenters. The van der Waals surface area contributed by atoms with Gasteiger partial charge >= 0.3 is 5.97 Å². The van der Waals surface area contributed by atoms with E-state index in [1.54, 1.807) is 0 Å². The van der Waals surface area contributed by atoms with Crippen molar-refractivity contribution in [1.29, 1.82) is 0 Å². The van der Waals surface area contributed by atoms with Gasteiger partial charge in [0.15, 0.2) is 11.5 Å². The number of anilines is 1. The number of benzene rings is 2. The predicted molar refractivity (Wildman–Crippen MR) is 91.7 cm³/mol. The van der Waals surface area contributed by atoms with Gasteiger partial charge < -0.3 is 15.3 Å². The molecule has 7 nitrogen and oxygen atoms in total. The molecular formula is C13H8BrCl2NO6S. The summed E-state index contributed by atoms with van der Waals surface area (Å²) in [7, 11) is -4.40. The maximum Gasteiger partial charge on any atom is 0.339 e. The topological polar surface area (TPSA) is 124 Å². The van der Waals surface area contributed by atoms with E-state index in [9.17, 15) is 23.4 Å². The number of halogens is 3. The second kappa shape index (κ2) is 6.67. The Kier molecular flexibility index (Phi) is 5.19. The molecule has 4 N–H and O–H groups in total. The van der Waals surface area contributed by atoms with E-state index in [1.807, 2.05) is 4.72 Å². The zero-order valence-electron chi connectivity index (χ0n) is 11.4. The third kappa shape index (κ3) is 3.69. The molecule has 0 unspecified atom stereocenters. The highest BCUT2D eigenvalue weighted by Crippen LogP contribution is 2.37. The molecule has 0 aliphatic heterocycles. The number of carboxylic acids is 1. The monoisotopic (exact) mass is 455 g/mol. The van der Waals surface area contributed by atoms with Crippen LogP contribution in [0.5, 0.6) is 11.5 Å². The lowest BCUT2D eigenvalue weighted by molar-refractivity contribution is 0.0694. The van der Waals surface area contributed by atoms with E-state index in [0.29, 0.717) is 0 Å². The van der Waals surface area contributed by atoms with Crippen molar-refractivity contribution in [3.05, 3.63) is 44.3 Å². The maximum atomic E-state index is 12.4. The number of rotatable bonds is 4. The molecule has 0 saturated carbocycles. The summed E-state index contributed by atoms with van der Waals surface area (Å²) in [5.74, 6) is -3.02. The molecule has 128 valence electrons. The molecule has 0 heterocycles. The largest absolute Gasteiger partial charge is 0.505 e. The van der Waals surface area contributed by atoms with Gasteiger partial charge in [0.25, 0.3) is 10.0 Å². The van der Waals surface area contributed by atoms with Gasteiger partial charge in [-0.3, -0.25) is 4.72 Å². The summed E-state index contributed by atoms with van der Waals surface area (Å²) >= 11 is 14.5. The summed E-state index contributed by atoms with van der Waals surface area (Å²) in [5, 5.41) is 28.4. The zero-order chi connectivity index (χ0) is 18.2. The smallest absolute Gasteiger partial charge is 0.339 e. The minimum Gasteiger partial charge on any atom is -0.505 e. The summed E-state index contributed by atoms with van der Waals surface area (Å²) in [6, 6.07) is 4.36. The number of carboxylic acid groups (broad SMARTS) is 1. The van der Waals surface area contributed by atoms with Crippen molar-refractivity contribution < 1.29 is 28.5 Å². The highest BCUT2D eigenvalue weighted by molar-refractivity contribution is 9.10. The fourth-order valence-electron chi connectivity index (χ4n) is 1.79. The van der Waals surface area contributed by atoms with Crippen LogP contribution >= 0.6 is 39.1 Å². The molecule has 0 aliphatic rings. The lowest BCUT2D eigenvalue weighted by atomic mass is 10.2. The molecule has 0 amide bonds. The molecule has 0 fully saturated rings. The van der Waals surface area contributed by atoms with Crippen LogP contribution in [0.1, 0.15) is 10.4 Å². The van der Waals surface area contributed by atoms with Crippen LogP contribution in [-0.4, -0.2) is 29.7 Å². The van der Waals surface area contributed by atoms with Crippen molar-refractivity contribution >= 4 is 60.8 Å². The average molecular weight is 457 g/mol. The van der Waals surface area contributed by atoms with Crippen molar-refractivity contribution in [2.45, 2.75) is 4.90 Å². The molecule has 11 heteroatoms. The Morgan fingerprint density at radius 3 is 2.29 bits per heavy atom. The van der Waals surface area contributed by atoms with Crippen molar-refractivity contribution in [2.24, 2.45) is 0 Å². The molecule has 2 aromatic rings. The summed E-state index contributed by atoms with van der Waals surface area (Å²) < 4.78 is 27.1. The van der Waals surface area contributed by atoms with Crippen LogP contribution in [0.4, 0.5) is 5.69 Å². The minimum atomic E-state index is -4.40. The highest BCUT2D eigenvalue weighted by atomic mass is 79.9. The fourth-order valence-corrected chi connectivity index (χ4v) is 4.22. The molecule has 0 spiro atoms. The number of sulfonamides is 1. The van der Waals surface area contributed by atoms with E-state index in [4.69, 9.17) is 28.3 Å². The van der Waals surface area contributed by atoms with Crippen molar-refractivity contribution in [3.8, 4) is 11.5 Å². The fraction of sp³-hybridized carbons (Fsp3) is 0. The number of aromatic carboxylic acids is 1. The van der Waals surface area contributed by atoms with Crippen LogP contribution in [0.2, 0.25) is 10.0 Å². The Hall–Kier alpha value is -1.68. The standard InChI is InChI=1S/C13H8BrCl2NO6S/c14-5-1-8(16)12(19)10(2-5)24(22,23)17-9-4-6(15)3-7(11(9)18)13(20)21/h1-4,17-19H,(H,20,21). The van der Waals surface area contributed by atoms with Gasteiger partial charge in [-0.2, -0.15) is 0 Å². The second-order valence-corrected chi connectivity index (χ2v) is 7.90. The Morgan fingerprint density at radius 2 is 1.71 bits per heavy atom. The van der Waals surface area contributed by atoms with Crippen LogP contribution < -0.4 is 4.72 Å². The lowest BCUT2D eigenvalue weighted by Crippen LogP contribution is -2.14. The Labute approximate surface area is 154 Å². The van der Waals surface area contributed by atoms with E-state index >= 15 is 0 Å². The summed E-state index contributed by atoms with van der Waals surface area (Å²) in [6.45, 7) is 0. The molecule has 2 aromatic carbocycles.